The zero-order valence-electron chi connectivity index (χ0n) is 6.39. The molecule has 1 aromatic rings. The number of hydrogen-bond acceptors (Lipinski definition) is 5. The van der Waals surface area contributed by atoms with E-state index in [9.17, 15) is 15.2 Å². The smallest absolute Gasteiger partial charge is 0.296 e. The average Bonchev–Trinajstić information content (AvgIpc) is 2.09. The van der Waals surface area contributed by atoms with Crippen LogP contribution in [-0.4, -0.2) is 10.0 Å². The van der Waals surface area contributed by atoms with Gasteiger partial charge in [-0.1, -0.05) is 0 Å². The molecule has 6 heteroatoms. The van der Waals surface area contributed by atoms with Crippen LogP contribution in [0.4, 0.5) is 11.4 Å². The highest BCUT2D eigenvalue weighted by Crippen LogP contribution is 2.32. The van der Waals surface area contributed by atoms with Crippen LogP contribution < -0.4 is 5.73 Å². The maximum absolute atomic E-state index is 10.3. The van der Waals surface area contributed by atoms with Crippen molar-refractivity contribution < 1.29 is 10.0 Å². The topological polar surface area (TPSA) is 113 Å². The Labute approximate surface area is 73.0 Å². The minimum absolute atomic E-state index is 0.0805. The molecule has 0 aliphatic carbocycles. The lowest BCUT2D eigenvalue weighted by atomic mass is 10.1. The molecule has 0 aliphatic heterocycles. The van der Waals surface area contributed by atoms with Crippen molar-refractivity contribution >= 4 is 11.4 Å². The third kappa shape index (κ3) is 1.35. The van der Waals surface area contributed by atoms with Crippen LogP contribution in [0.15, 0.2) is 12.1 Å². The number of nitriles is 1. The van der Waals surface area contributed by atoms with Crippen LogP contribution in [0.5, 0.6) is 5.75 Å². The third-order valence-electron chi connectivity index (χ3n) is 1.51. The van der Waals surface area contributed by atoms with Crippen LogP contribution in [0, 0.1) is 21.4 Å². The third-order valence-corrected chi connectivity index (χ3v) is 1.51. The van der Waals surface area contributed by atoms with E-state index in [0.29, 0.717) is 0 Å². The molecule has 0 aromatic heterocycles. The SMILES string of the molecule is N#Cc1ccc([N+](=O)[O-])c(N)c1O. The molecule has 66 valence electrons. The Morgan fingerprint density at radius 2 is 2.23 bits per heavy atom. The molecule has 3 N–H and O–H groups in total. The van der Waals surface area contributed by atoms with Crippen molar-refractivity contribution in [1.29, 1.82) is 5.26 Å². The molecule has 6 nitrogen and oxygen atoms in total. The Morgan fingerprint density at radius 1 is 1.62 bits per heavy atom. The van der Waals surface area contributed by atoms with E-state index in [2.05, 4.69) is 0 Å². The van der Waals surface area contributed by atoms with Gasteiger partial charge in [0.05, 0.1) is 10.5 Å². The minimum atomic E-state index is -0.726. The summed E-state index contributed by atoms with van der Waals surface area (Å²) in [6.07, 6.45) is 0. The lowest BCUT2D eigenvalue weighted by molar-refractivity contribution is -0.384. The molecular formula is C7H5N3O3. The van der Waals surface area contributed by atoms with E-state index >= 15 is 0 Å². The van der Waals surface area contributed by atoms with Crippen molar-refractivity contribution in [2.45, 2.75) is 0 Å². The highest BCUT2D eigenvalue weighted by molar-refractivity contribution is 5.71. The summed E-state index contributed by atoms with van der Waals surface area (Å²) in [5, 5.41) is 27.9. The molecule has 0 aliphatic rings. The molecule has 0 saturated heterocycles. The molecule has 1 rings (SSSR count). The first-order valence-electron chi connectivity index (χ1n) is 3.24. The number of aromatic hydroxyl groups is 1. The van der Waals surface area contributed by atoms with Crippen molar-refractivity contribution in [3.8, 4) is 11.8 Å². The van der Waals surface area contributed by atoms with Gasteiger partial charge in [-0.05, 0) is 6.07 Å². The van der Waals surface area contributed by atoms with Crippen molar-refractivity contribution in [3.05, 3.63) is 27.8 Å². The Balaban J connectivity index is 3.42. The summed E-state index contributed by atoms with van der Waals surface area (Å²) in [7, 11) is 0. The monoisotopic (exact) mass is 179 g/mol. The number of benzene rings is 1. The number of nitro benzene ring substituents is 1. The van der Waals surface area contributed by atoms with Crippen LogP contribution in [0.2, 0.25) is 0 Å². The number of hydrogen-bond donors (Lipinski definition) is 2. The highest BCUT2D eigenvalue weighted by atomic mass is 16.6. The second-order valence-corrected chi connectivity index (χ2v) is 2.26. The molecule has 0 saturated carbocycles. The van der Waals surface area contributed by atoms with Crippen molar-refractivity contribution in [2.24, 2.45) is 0 Å². The Kier molecular flexibility index (Phi) is 2.02. The molecule has 0 bridgehead atoms. The molecule has 0 atom stereocenters. The first-order valence-corrected chi connectivity index (χ1v) is 3.24. The summed E-state index contributed by atoms with van der Waals surface area (Å²) in [6.45, 7) is 0. The van der Waals surface area contributed by atoms with Crippen LogP contribution in [0.1, 0.15) is 5.56 Å². The second-order valence-electron chi connectivity index (χ2n) is 2.26. The number of nitrogen functional groups attached to an aromatic ring is 1. The maximum Gasteiger partial charge on any atom is 0.296 e. The molecule has 13 heavy (non-hydrogen) atoms. The van der Waals surface area contributed by atoms with E-state index in [1.165, 1.54) is 0 Å². The quantitative estimate of drug-likeness (QED) is 0.286. The van der Waals surface area contributed by atoms with E-state index in [0.717, 1.165) is 12.1 Å². The Morgan fingerprint density at radius 3 is 2.69 bits per heavy atom. The molecule has 0 fully saturated rings. The number of rotatable bonds is 1. The molecule has 0 radical (unpaired) electrons. The molecule has 1 aromatic carbocycles. The first kappa shape index (κ1) is 8.80. The van der Waals surface area contributed by atoms with Crippen LogP contribution >= 0.6 is 0 Å². The second kappa shape index (κ2) is 2.98. The van der Waals surface area contributed by atoms with Crippen LogP contribution in [0.25, 0.3) is 0 Å². The van der Waals surface area contributed by atoms with E-state index in [4.69, 9.17) is 11.0 Å². The average molecular weight is 179 g/mol. The van der Waals surface area contributed by atoms with E-state index in [-0.39, 0.29) is 11.3 Å². The number of nitrogens with zero attached hydrogens (tertiary/aromatic N) is 2. The molecule has 0 heterocycles. The van der Waals surface area contributed by atoms with Crippen molar-refractivity contribution in [1.82, 2.24) is 0 Å². The summed E-state index contributed by atoms with van der Waals surface area (Å²) in [5.74, 6) is -0.545. The minimum Gasteiger partial charge on any atom is -0.504 e. The predicted octanol–water partition coefficient (Wildman–Crippen LogP) is 0.754. The van der Waals surface area contributed by atoms with Gasteiger partial charge in [0.15, 0.2) is 11.4 Å². The number of nitro groups is 1. The van der Waals surface area contributed by atoms with Gasteiger partial charge in [0.25, 0.3) is 5.69 Å². The van der Waals surface area contributed by atoms with Crippen molar-refractivity contribution in [2.75, 3.05) is 5.73 Å². The van der Waals surface area contributed by atoms with E-state index in [1.807, 2.05) is 0 Å². The van der Waals surface area contributed by atoms with Gasteiger partial charge in [-0.3, -0.25) is 10.1 Å². The van der Waals surface area contributed by atoms with Gasteiger partial charge in [0.1, 0.15) is 6.07 Å². The summed E-state index contributed by atoms with van der Waals surface area (Å²) >= 11 is 0. The standard InChI is InChI=1S/C7H5N3O3/c8-3-4-1-2-5(10(12)13)6(9)7(4)11/h1-2,11H,9H2. The predicted molar refractivity (Wildman–Crippen MR) is 43.9 cm³/mol. The normalized spacial score (nSPS) is 9.15. The highest BCUT2D eigenvalue weighted by Gasteiger charge is 2.17. The Hall–Kier alpha value is -2.29. The zero-order valence-corrected chi connectivity index (χ0v) is 6.39. The zero-order chi connectivity index (χ0) is 10.0. The van der Waals surface area contributed by atoms with Gasteiger partial charge >= 0.3 is 0 Å². The van der Waals surface area contributed by atoms with Gasteiger partial charge in [0.2, 0.25) is 0 Å². The maximum atomic E-state index is 10.3. The van der Waals surface area contributed by atoms with Gasteiger partial charge in [-0.15, -0.1) is 0 Å². The molecule has 0 unspecified atom stereocenters. The number of phenolic OH excluding ortho intramolecular Hbond substituents is 1. The fourth-order valence-corrected chi connectivity index (χ4v) is 0.847. The number of anilines is 1. The van der Waals surface area contributed by atoms with Gasteiger partial charge in [-0.2, -0.15) is 5.26 Å². The van der Waals surface area contributed by atoms with Gasteiger partial charge in [-0.25, -0.2) is 0 Å². The number of phenols is 1. The summed E-state index contributed by atoms with van der Waals surface area (Å²) in [6, 6.07) is 3.87. The lowest BCUT2D eigenvalue weighted by Gasteiger charge is -2.00. The van der Waals surface area contributed by atoms with Crippen LogP contribution in [-0.2, 0) is 0 Å². The Bertz CT molecular complexity index is 408. The largest absolute Gasteiger partial charge is 0.504 e. The summed E-state index contributed by atoms with van der Waals surface area (Å²) in [4.78, 5) is 9.58. The molecular weight excluding hydrogens is 174 g/mol. The van der Waals surface area contributed by atoms with E-state index in [1.54, 1.807) is 6.07 Å². The summed E-state index contributed by atoms with van der Waals surface area (Å²) in [5.41, 5.74) is 4.35. The molecule has 0 amide bonds. The fraction of sp³-hybridized carbons (Fsp3) is 0. The van der Waals surface area contributed by atoms with E-state index < -0.39 is 16.4 Å². The van der Waals surface area contributed by atoms with Crippen molar-refractivity contribution in [3.63, 3.8) is 0 Å². The molecule has 0 spiro atoms. The lowest BCUT2D eigenvalue weighted by Crippen LogP contribution is -1.96. The first-order chi connectivity index (χ1) is 6.07. The number of nitrogens with two attached hydrogens (primary N) is 1. The summed E-state index contributed by atoms with van der Waals surface area (Å²) < 4.78 is 0. The van der Waals surface area contributed by atoms with Gasteiger partial charge < -0.3 is 10.8 Å². The van der Waals surface area contributed by atoms with Gasteiger partial charge in [0, 0.05) is 6.07 Å². The van der Waals surface area contributed by atoms with Crippen LogP contribution in [0.3, 0.4) is 0 Å². The fourth-order valence-electron chi connectivity index (χ4n) is 0.847.